The van der Waals surface area contributed by atoms with Crippen molar-refractivity contribution in [2.45, 2.75) is 71.6 Å². The van der Waals surface area contributed by atoms with Crippen LogP contribution < -0.4 is 19.4 Å². The van der Waals surface area contributed by atoms with Gasteiger partial charge >= 0.3 is 0 Å². The van der Waals surface area contributed by atoms with Gasteiger partial charge in [0, 0.05) is 51.6 Å². The largest absolute Gasteiger partial charge is 0.457 e. The van der Waals surface area contributed by atoms with Crippen LogP contribution in [0, 0.1) is 0 Å². The third-order valence-electron chi connectivity index (χ3n) is 13.6. The Balaban J connectivity index is 0.947. The van der Waals surface area contributed by atoms with Gasteiger partial charge in [-0.3, -0.25) is 4.57 Å². The molecule has 0 amide bonds. The Morgan fingerprint density at radius 2 is 1.05 bits per heavy atom. The molecular weight excluding hydrogens is 795 g/mol. The molecule has 2 aliphatic heterocycles. The Morgan fingerprint density at radius 1 is 0.477 bits per heavy atom. The second-order valence-electron chi connectivity index (χ2n) is 20.2. The second-order valence-corrected chi connectivity index (χ2v) is 20.2. The van der Waals surface area contributed by atoms with Gasteiger partial charge in [-0.1, -0.05) is 122 Å². The summed E-state index contributed by atoms with van der Waals surface area (Å²) in [7, 11) is 0. The second kappa shape index (κ2) is 14.9. The number of anilines is 7. The average Bonchev–Trinajstić information content (AvgIpc) is 3.85. The van der Waals surface area contributed by atoms with Crippen LogP contribution in [0.1, 0.15) is 77.6 Å². The van der Waals surface area contributed by atoms with Crippen LogP contribution in [0.4, 0.5) is 39.8 Å². The van der Waals surface area contributed by atoms with Crippen molar-refractivity contribution in [1.82, 2.24) is 9.55 Å². The normalized spacial score (nSPS) is 14.4. The number of ether oxygens (including phenoxy) is 1. The molecule has 6 nitrogen and oxygen atoms in total. The van der Waals surface area contributed by atoms with E-state index in [0.29, 0.717) is 6.67 Å². The van der Waals surface area contributed by atoms with E-state index >= 15 is 0 Å². The maximum Gasteiger partial charge on any atom is 0.137 e. The predicted octanol–water partition coefficient (Wildman–Crippen LogP) is 15.9. The first-order valence-electron chi connectivity index (χ1n) is 22.8. The third kappa shape index (κ3) is 6.82. The number of hydrogen-bond donors (Lipinski definition) is 0. The van der Waals surface area contributed by atoms with E-state index in [0.717, 1.165) is 56.5 Å². The maximum absolute atomic E-state index is 6.94. The van der Waals surface area contributed by atoms with E-state index in [4.69, 9.17) is 9.72 Å². The number of aromatic nitrogens is 2. The fourth-order valence-electron chi connectivity index (χ4n) is 10.0. The number of para-hydroxylation sites is 5. The molecule has 322 valence electrons. The lowest BCUT2D eigenvalue weighted by Crippen LogP contribution is -2.30. The van der Waals surface area contributed by atoms with Crippen LogP contribution in [-0.2, 0) is 16.2 Å². The zero-order valence-corrected chi connectivity index (χ0v) is 38.6. The van der Waals surface area contributed by atoms with Gasteiger partial charge in [0.2, 0.25) is 0 Å². The Hall–Kier alpha value is -7.31. The van der Waals surface area contributed by atoms with Crippen LogP contribution in [0.5, 0.6) is 11.5 Å². The van der Waals surface area contributed by atoms with Crippen LogP contribution in [0.15, 0.2) is 176 Å². The van der Waals surface area contributed by atoms with Crippen LogP contribution in [0.2, 0.25) is 0 Å². The fraction of sp³-hybridized carbons (Fsp3) is 0.203. The molecule has 0 bridgehead atoms. The van der Waals surface area contributed by atoms with Crippen molar-refractivity contribution in [3.05, 3.63) is 198 Å². The minimum atomic E-state index is -0.121. The van der Waals surface area contributed by atoms with E-state index in [1.807, 2.05) is 6.20 Å². The zero-order chi connectivity index (χ0) is 44.8. The molecule has 0 unspecified atom stereocenters. The quantitative estimate of drug-likeness (QED) is 0.167. The summed E-state index contributed by atoms with van der Waals surface area (Å²) in [4.78, 5) is 12.2. The maximum atomic E-state index is 6.94. The molecule has 2 aromatic heterocycles. The lowest BCUT2D eigenvalue weighted by atomic mass is 9.73. The molecule has 0 aliphatic carbocycles. The number of nitrogens with zero attached hydrogens (tertiary/aromatic N) is 5. The van der Waals surface area contributed by atoms with Crippen molar-refractivity contribution in [2.75, 3.05) is 21.4 Å². The fourth-order valence-corrected chi connectivity index (χ4v) is 10.0. The number of pyridine rings is 1. The third-order valence-corrected chi connectivity index (χ3v) is 13.6. The van der Waals surface area contributed by atoms with Gasteiger partial charge in [0.05, 0.1) is 33.8 Å². The zero-order valence-electron chi connectivity index (χ0n) is 38.6. The van der Waals surface area contributed by atoms with Gasteiger partial charge in [0.1, 0.15) is 24.0 Å². The number of fused-ring (bicyclic) bond motifs is 6. The molecule has 0 fully saturated rings. The molecule has 7 aromatic carbocycles. The smallest absolute Gasteiger partial charge is 0.137 e. The molecule has 2 aliphatic rings. The lowest BCUT2D eigenvalue weighted by Gasteiger charge is -2.42. The Labute approximate surface area is 383 Å². The van der Waals surface area contributed by atoms with Crippen molar-refractivity contribution in [3.63, 3.8) is 0 Å². The number of hydrogen-bond acceptors (Lipinski definition) is 5. The van der Waals surface area contributed by atoms with Crippen LogP contribution in [0.3, 0.4) is 0 Å². The summed E-state index contributed by atoms with van der Waals surface area (Å²) in [5.74, 6) is 2.47. The first kappa shape index (κ1) is 40.5. The highest BCUT2D eigenvalue weighted by Gasteiger charge is 2.37. The average molecular weight is 850 g/mol. The van der Waals surface area contributed by atoms with Crippen molar-refractivity contribution in [2.24, 2.45) is 0 Å². The first-order chi connectivity index (χ1) is 31.2. The number of benzene rings is 7. The van der Waals surface area contributed by atoms with Crippen LogP contribution in [-0.4, -0.2) is 16.2 Å². The first-order valence-corrected chi connectivity index (χ1v) is 22.8. The lowest BCUT2D eigenvalue weighted by molar-refractivity contribution is 0.479. The molecule has 9 aromatic rings. The highest BCUT2D eigenvalue weighted by atomic mass is 16.5. The molecule has 0 spiro atoms. The van der Waals surface area contributed by atoms with E-state index in [1.165, 1.54) is 44.7 Å². The molecule has 11 rings (SSSR count). The summed E-state index contributed by atoms with van der Waals surface area (Å²) >= 11 is 0. The predicted molar refractivity (Wildman–Crippen MR) is 271 cm³/mol. The topological polar surface area (TPSA) is 36.8 Å². The molecule has 65 heavy (non-hydrogen) atoms. The van der Waals surface area contributed by atoms with E-state index < -0.39 is 0 Å². The van der Waals surface area contributed by atoms with Crippen molar-refractivity contribution < 1.29 is 4.74 Å². The minimum absolute atomic E-state index is 0.0101. The summed E-state index contributed by atoms with van der Waals surface area (Å²) in [5, 5.41) is 2.35. The SMILES string of the molecule is CC(C)(C)c1cc(Oc2ccc3c4ccccc4n(-c4cc(C(C)(C)C)ccn4)c3c2)cc(N2CN(c3ccc(N4c5ccccc5C(C)(C)c5ccccc54)cc3)c3ccccc32)c1. The van der Waals surface area contributed by atoms with Crippen molar-refractivity contribution in [3.8, 4) is 17.3 Å². The van der Waals surface area contributed by atoms with Crippen molar-refractivity contribution >= 4 is 61.6 Å². The van der Waals surface area contributed by atoms with Crippen molar-refractivity contribution in [1.29, 1.82) is 0 Å². The van der Waals surface area contributed by atoms with E-state index in [-0.39, 0.29) is 16.2 Å². The summed E-state index contributed by atoms with van der Waals surface area (Å²) in [6.45, 7) is 18.9. The molecular formula is C59H55N5O. The summed E-state index contributed by atoms with van der Waals surface area (Å²) in [5.41, 5.74) is 15.2. The van der Waals surface area contributed by atoms with Gasteiger partial charge in [-0.05, 0) is 124 Å². The van der Waals surface area contributed by atoms with Gasteiger partial charge in [0.25, 0.3) is 0 Å². The molecule has 0 saturated carbocycles. The van der Waals surface area contributed by atoms with Gasteiger partial charge in [0.15, 0.2) is 0 Å². The number of rotatable bonds is 6. The highest BCUT2D eigenvalue weighted by molar-refractivity contribution is 6.09. The van der Waals surface area contributed by atoms with Gasteiger partial charge in [-0.25, -0.2) is 4.98 Å². The summed E-state index contributed by atoms with van der Waals surface area (Å²) in [6, 6.07) is 61.6. The summed E-state index contributed by atoms with van der Waals surface area (Å²) < 4.78 is 9.22. The van der Waals surface area contributed by atoms with Gasteiger partial charge < -0.3 is 19.4 Å². The molecule has 0 radical (unpaired) electrons. The Kier molecular flexibility index (Phi) is 9.26. The van der Waals surface area contributed by atoms with E-state index in [9.17, 15) is 0 Å². The molecule has 0 atom stereocenters. The Bertz CT molecular complexity index is 3240. The molecule has 6 heteroatoms. The molecule has 0 N–H and O–H groups in total. The van der Waals surface area contributed by atoms with E-state index in [1.54, 1.807) is 0 Å². The molecule has 0 saturated heterocycles. The minimum Gasteiger partial charge on any atom is -0.457 e. The highest BCUT2D eigenvalue weighted by Crippen LogP contribution is 2.52. The Morgan fingerprint density at radius 3 is 1.71 bits per heavy atom. The van der Waals surface area contributed by atoms with Gasteiger partial charge in [-0.2, -0.15) is 0 Å². The molecule has 4 heterocycles. The van der Waals surface area contributed by atoms with Gasteiger partial charge in [-0.15, -0.1) is 0 Å². The van der Waals surface area contributed by atoms with Crippen LogP contribution >= 0.6 is 0 Å². The summed E-state index contributed by atoms with van der Waals surface area (Å²) in [6.07, 6.45) is 1.93. The van der Waals surface area contributed by atoms with Crippen LogP contribution in [0.25, 0.3) is 27.6 Å². The standard InChI is InChI=1S/C59H55N5O/c1-57(2,3)39-31-32-60-56(35-39)64-50-20-12-9-17-46(50)47-30-29-44(37-55(47)64)65-45-34-40(58(4,5)6)33-43(36-45)62-38-61(53-23-15-16-24-54(53)62)41-25-27-42(28-26-41)63-51-21-13-10-18-48(51)59(7,8)49-19-11-14-22-52(49)63/h9-37H,38H2,1-8H3. The monoisotopic (exact) mass is 849 g/mol. The van der Waals surface area contributed by atoms with E-state index in [2.05, 4.69) is 245 Å².